The summed E-state index contributed by atoms with van der Waals surface area (Å²) in [6.07, 6.45) is 4.71. The van der Waals surface area contributed by atoms with Crippen molar-refractivity contribution in [3.63, 3.8) is 0 Å². The van der Waals surface area contributed by atoms with E-state index >= 15 is 0 Å². The smallest absolute Gasteiger partial charge is 0.418 e. The van der Waals surface area contributed by atoms with Crippen LogP contribution in [0.2, 0.25) is 0 Å². The average Bonchev–Trinajstić information content (AvgIpc) is 3.17. The Bertz CT molecular complexity index is 1190. The molecule has 0 saturated carbocycles. The van der Waals surface area contributed by atoms with Crippen LogP contribution in [0, 0.1) is 20.8 Å². The molecule has 0 aliphatic carbocycles. The van der Waals surface area contributed by atoms with Crippen LogP contribution in [-0.2, 0) is 9.53 Å². The number of hydrogen-bond acceptors (Lipinski definition) is 5. The van der Waals surface area contributed by atoms with Crippen molar-refractivity contribution in [3.05, 3.63) is 64.9 Å². The third kappa shape index (κ3) is 3.28. The number of rotatable bonds is 3. The van der Waals surface area contributed by atoms with Crippen LogP contribution in [0.25, 0.3) is 22.8 Å². The number of ether oxygens (including phenoxy) is 1. The third-order valence-corrected chi connectivity index (χ3v) is 5.13. The quantitative estimate of drug-likeness (QED) is 0.658. The Morgan fingerprint density at radius 3 is 2.60 bits per heavy atom. The number of carbonyl (C=O) groups excluding carboxylic acids is 2. The first-order valence-corrected chi connectivity index (χ1v) is 9.72. The number of amides is 1. The maximum atomic E-state index is 12.8. The van der Waals surface area contributed by atoms with E-state index in [0.717, 1.165) is 28.1 Å². The fourth-order valence-electron chi connectivity index (χ4n) is 3.73. The summed E-state index contributed by atoms with van der Waals surface area (Å²) in [6, 6.07) is 7.66. The minimum atomic E-state index is -0.465. The molecule has 0 saturated heterocycles. The van der Waals surface area contributed by atoms with Gasteiger partial charge in [0, 0.05) is 34.9 Å². The van der Waals surface area contributed by atoms with Gasteiger partial charge in [-0.2, -0.15) is 0 Å². The van der Waals surface area contributed by atoms with Crippen molar-refractivity contribution in [1.82, 2.24) is 14.5 Å². The van der Waals surface area contributed by atoms with Gasteiger partial charge in [0.2, 0.25) is 0 Å². The molecule has 1 amide bonds. The van der Waals surface area contributed by atoms with Crippen LogP contribution in [0.15, 0.2) is 36.7 Å². The maximum absolute atomic E-state index is 12.8. The second kappa shape index (κ2) is 7.59. The van der Waals surface area contributed by atoms with Gasteiger partial charge in [0.25, 0.3) is 5.91 Å². The third-order valence-electron chi connectivity index (χ3n) is 5.13. The number of fused-ring (bicyclic) bond motifs is 1. The zero-order chi connectivity index (χ0) is 21.4. The number of aromatic nitrogens is 3. The highest BCUT2D eigenvalue weighted by molar-refractivity contribution is 6.34. The SMILES string of the molecule is CCOC(=O)n1c(C)cc(C)c1C=C1C(=O)Nc2nc(C)c(-c3ccncc3)cc21. The summed E-state index contributed by atoms with van der Waals surface area (Å²) in [5, 5.41) is 2.83. The zero-order valence-electron chi connectivity index (χ0n) is 17.3. The van der Waals surface area contributed by atoms with E-state index in [2.05, 4.69) is 15.3 Å². The Kier molecular flexibility index (Phi) is 4.95. The monoisotopic (exact) mass is 402 g/mol. The van der Waals surface area contributed by atoms with Crippen molar-refractivity contribution in [2.24, 2.45) is 0 Å². The van der Waals surface area contributed by atoms with Crippen molar-refractivity contribution in [2.45, 2.75) is 27.7 Å². The lowest BCUT2D eigenvalue weighted by Crippen LogP contribution is -2.16. The van der Waals surface area contributed by atoms with E-state index in [1.54, 1.807) is 25.4 Å². The molecule has 4 rings (SSSR count). The average molecular weight is 402 g/mol. The number of carbonyl (C=O) groups is 2. The molecule has 0 aromatic carbocycles. The van der Waals surface area contributed by atoms with Gasteiger partial charge in [0.1, 0.15) is 5.82 Å². The first-order chi connectivity index (χ1) is 14.4. The molecule has 4 heterocycles. The van der Waals surface area contributed by atoms with Gasteiger partial charge in [0.15, 0.2) is 0 Å². The van der Waals surface area contributed by atoms with Crippen molar-refractivity contribution >= 4 is 29.5 Å². The molecule has 1 aliphatic heterocycles. The van der Waals surface area contributed by atoms with Crippen LogP contribution in [0.5, 0.6) is 0 Å². The van der Waals surface area contributed by atoms with Crippen molar-refractivity contribution in [1.29, 1.82) is 0 Å². The van der Waals surface area contributed by atoms with Crippen LogP contribution in [-0.4, -0.2) is 33.1 Å². The van der Waals surface area contributed by atoms with Gasteiger partial charge < -0.3 is 10.1 Å². The predicted molar refractivity (Wildman–Crippen MR) is 115 cm³/mol. The minimum absolute atomic E-state index is 0.252. The topological polar surface area (TPSA) is 86.1 Å². The van der Waals surface area contributed by atoms with Gasteiger partial charge in [-0.1, -0.05) is 0 Å². The van der Waals surface area contributed by atoms with Crippen LogP contribution in [0.3, 0.4) is 0 Å². The Morgan fingerprint density at radius 2 is 1.90 bits per heavy atom. The summed E-state index contributed by atoms with van der Waals surface area (Å²) < 4.78 is 6.68. The number of nitrogens with one attached hydrogen (secondary N) is 1. The number of aryl methyl sites for hydroxylation is 3. The highest BCUT2D eigenvalue weighted by Crippen LogP contribution is 2.36. The predicted octanol–water partition coefficient (Wildman–Crippen LogP) is 4.37. The Morgan fingerprint density at radius 1 is 1.17 bits per heavy atom. The molecule has 7 nitrogen and oxygen atoms in total. The zero-order valence-corrected chi connectivity index (χ0v) is 17.3. The van der Waals surface area contributed by atoms with Crippen LogP contribution >= 0.6 is 0 Å². The molecular weight excluding hydrogens is 380 g/mol. The van der Waals surface area contributed by atoms with E-state index in [4.69, 9.17) is 4.74 Å². The Hall–Kier alpha value is -3.74. The molecule has 0 unspecified atom stereocenters. The standard InChI is InChI=1S/C23H22N4O3/c1-5-30-23(29)27-14(3)10-13(2)20(27)12-19-18-11-17(16-6-8-24-9-7-16)15(4)25-21(18)26-22(19)28/h6-12H,5H2,1-4H3,(H,25,26,28). The van der Waals surface area contributed by atoms with Crippen LogP contribution in [0.4, 0.5) is 10.6 Å². The van der Waals surface area contributed by atoms with E-state index in [1.165, 1.54) is 4.57 Å². The van der Waals surface area contributed by atoms with Gasteiger partial charge in [-0.3, -0.25) is 14.3 Å². The number of nitrogens with zero attached hydrogens (tertiary/aromatic N) is 3. The van der Waals surface area contributed by atoms with Crippen LogP contribution < -0.4 is 5.32 Å². The second-order valence-electron chi connectivity index (χ2n) is 7.15. The highest BCUT2D eigenvalue weighted by Gasteiger charge is 2.28. The van der Waals surface area contributed by atoms with Crippen molar-refractivity contribution in [3.8, 4) is 11.1 Å². The van der Waals surface area contributed by atoms with Crippen molar-refractivity contribution in [2.75, 3.05) is 11.9 Å². The lowest BCUT2D eigenvalue weighted by atomic mass is 10.00. The fourth-order valence-corrected chi connectivity index (χ4v) is 3.73. The minimum Gasteiger partial charge on any atom is -0.449 e. The fraction of sp³-hybridized carbons (Fsp3) is 0.217. The molecule has 7 heteroatoms. The highest BCUT2D eigenvalue weighted by atomic mass is 16.5. The summed E-state index contributed by atoms with van der Waals surface area (Å²) in [6.45, 7) is 7.67. The lowest BCUT2D eigenvalue weighted by Gasteiger charge is -2.10. The first kappa shape index (κ1) is 19.6. The van der Waals surface area contributed by atoms with E-state index in [1.807, 2.05) is 45.0 Å². The molecule has 30 heavy (non-hydrogen) atoms. The first-order valence-electron chi connectivity index (χ1n) is 9.72. The van der Waals surface area contributed by atoms with Gasteiger partial charge in [0.05, 0.1) is 17.9 Å². The summed E-state index contributed by atoms with van der Waals surface area (Å²) >= 11 is 0. The largest absolute Gasteiger partial charge is 0.449 e. The molecule has 3 aromatic heterocycles. The van der Waals surface area contributed by atoms with Crippen molar-refractivity contribution < 1.29 is 14.3 Å². The molecule has 1 aliphatic rings. The van der Waals surface area contributed by atoms with E-state index in [-0.39, 0.29) is 12.5 Å². The Labute approximate surface area is 174 Å². The molecule has 0 atom stereocenters. The molecule has 1 N–H and O–H groups in total. The summed E-state index contributed by atoms with van der Waals surface area (Å²) in [7, 11) is 0. The van der Waals surface area contributed by atoms with Crippen LogP contribution in [0.1, 0.15) is 35.1 Å². The lowest BCUT2D eigenvalue weighted by molar-refractivity contribution is -0.110. The van der Waals surface area contributed by atoms with Gasteiger partial charge in [-0.15, -0.1) is 0 Å². The summed E-state index contributed by atoms with van der Waals surface area (Å²) in [4.78, 5) is 33.9. The molecule has 152 valence electrons. The number of pyridine rings is 2. The summed E-state index contributed by atoms with van der Waals surface area (Å²) in [5.74, 6) is 0.266. The van der Waals surface area contributed by atoms with Gasteiger partial charge in [-0.05, 0) is 69.2 Å². The molecule has 0 bridgehead atoms. The van der Waals surface area contributed by atoms with E-state index < -0.39 is 6.09 Å². The van der Waals surface area contributed by atoms with Gasteiger partial charge in [-0.25, -0.2) is 9.78 Å². The number of hydrogen-bond donors (Lipinski definition) is 1. The molecular formula is C23H22N4O3. The molecule has 3 aromatic rings. The summed E-state index contributed by atoms with van der Waals surface area (Å²) in [5.41, 5.74) is 6.11. The maximum Gasteiger partial charge on any atom is 0.418 e. The molecule has 0 radical (unpaired) electrons. The second-order valence-corrected chi connectivity index (χ2v) is 7.15. The van der Waals surface area contributed by atoms with Gasteiger partial charge >= 0.3 is 6.09 Å². The number of anilines is 1. The normalized spacial score (nSPS) is 14.0. The molecule has 0 fully saturated rings. The Balaban J connectivity index is 1.87. The molecule has 0 spiro atoms. The van der Waals surface area contributed by atoms with E-state index in [9.17, 15) is 9.59 Å². The van der Waals surface area contributed by atoms with E-state index in [0.29, 0.717) is 22.6 Å².